The summed E-state index contributed by atoms with van der Waals surface area (Å²) in [6, 6.07) is 6.00. The minimum atomic E-state index is -3.36. The van der Waals surface area contributed by atoms with E-state index in [1.807, 2.05) is 18.2 Å². The summed E-state index contributed by atoms with van der Waals surface area (Å²) in [5, 5.41) is 0. The lowest BCUT2D eigenvalue weighted by atomic mass is 10.00. The highest BCUT2D eigenvalue weighted by Crippen LogP contribution is 2.27. The predicted molar refractivity (Wildman–Crippen MR) is 67.7 cm³/mol. The Hall–Kier alpha value is -1.07. The maximum absolute atomic E-state index is 10.9. The molecule has 0 fully saturated rings. The Kier molecular flexibility index (Phi) is 3.40. The molecule has 0 aromatic heterocycles. The maximum atomic E-state index is 10.9. The molecule has 1 aliphatic heterocycles. The van der Waals surface area contributed by atoms with Gasteiger partial charge in [0.25, 0.3) is 10.1 Å². The zero-order valence-corrected chi connectivity index (χ0v) is 11.0. The topological polar surface area (TPSA) is 46.6 Å². The van der Waals surface area contributed by atoms with Gasteiger partial charge in [-0.15, -0.1) is 0 Å². The average Bonchev–Trinajstić information content (AvgIpc) is 2.26. The second-order valence-corrected chi connectivity index (χ2v) is 6.10. The first-order valence-electron chi connectivity index (χ1n) is 5.63. The monoisotopic (exact) mass is 255 g/mol. The summed E-state index contributed by atoms with van der Waals surface area (Å²) in [6.07, 6.45) is 3.26. The Bertz CT molecular complexity index is 510. The molecule has 0 saturated heterocycles. The molecule has 0 unspecified atom stereocenters. The van der Waals surface area contributed by atoms with E-state index >= 15 is 0 Å². The molecule has 0 radical (unpaired) electrons. The molecule has 1 heterocycles. The average molecular weight is 255 g/mol. The van der Waals surface area contributed by atoms with Gasteiger partial charge in [0, 0.05) is 19.3 Å². The van der Waals surface area contributed by atoms with Crippen molar-refractivity contribution in [3.8, 4) is 0 Å². The molecular weight excluding hydrogens is 238 g/mol. The van der Waals surface area contributed by atoms with Crippen molar-refractivity contribution < 1.29 is 12.6 Å². The number of rotatable bonds is 3. The summed E-state index contributed by atoms with van der Waals surface area (Å²) in [4.78, 5) is 2.22. The summed E-state index contributed by atoms with van der Waals surface area (Å²) in [5.41, 5.74) is 3.41. The third-order valence-corrected chi connectivity index (χ3v) is 3.48. The highest BCUT2D eigenvalue weighted by Gasteiger charge is 2.14. The summed E-state index contributed by atoms with van der Waals surface area (Å²) in [6.45, 7) is 1.20. The van der Waals surface area contributed by atoms with Gasteiger partial charge in [-0.3, -0.25) is 4.18 Å². The molecule has 0 atom stereocenters. The number of hydrogen-bond donors (Lipinski definition) is 0. The van der Waals surface area contributed by atoms with Crippen molar-refractivity contribution in [2.45, 2.75) is 19.4 Å². The standard InChI is InChI=1S/C12H17NO3S/c1-13-7-3-4-11-8-10(5-6-12(11)13)9-16-17(2,14)15/h5-6,8H,3-4,7,9H2,1-2H3. The van der Waals surface area contributed by atoms with Crippen molar-refractivity contribution in [1.82, 2.24) is 0 Å². The largest absolute Gasteiger partial charge is 0.374 e. The van der Waals surface area contributed by atoms with Gasteiger partial charge in [0.05, 0.1) is 12.9 Å². The molecule has 0 amide bonds. The van der Waals surface area contributed by atoms with Gasteiger partial charge < -0.3 is 4.90 Å². The molecule has 17 heavy (non-hydrogen) atoms. The zero-order chi connectivity index (χ0) is 12.5. The van der Waals surface area contributed by atoms with E-state index in [2.05, 4.69) is 11.9 Å². The van der Waals surface area contributed by atoms with Gasteiger partial charge in [0.1, 0.15) is 0 Å². The van der Waals surface area contributed by atoms with Crippen molar-refractivity contribution >= 4 is 15.8 Å². The lowest BCUT2D eigenvalue weighted by Crippen LogP contribution is -2.24. The number of benzene rings is 1. The van der Waals surface area contributed by atoms with Crippen molar-refractivity contribution in [3.05, 3.63) is 29.3 Å². The fourth-order valence-electron chi connectivity index (χ4n) is 2.10. The van der Waals surface area contributed by atoms with E-state index in [0.29, 0.717) is 0 Å². The summed E-state index contributed by atoms with van der Waals surface area (Å²) >= 11 is 0. The molecule has 94 valence electrons. The second kappa shape index (κ2) is 4.66. The van der Waals surface area contributed by atoms with Crippen LogP contribution in [-0.2, 0) is 27.3 Å². The molecule has 0 bridgehead atoms. The first kappa shape index (κ1) is 12.4. The third kappa shape index (κ3) is 3.20. The van der Waals surface area contributed by atoms with Gasteiger partial charge in [-0.1, -0.05) is 12.1 Å². The lowest BCUT2D eigenvalue weighted by Gasteiger charge is -2.27. The van der Waals surface area contributed by atoms with Crippen LogP contribution in [0.2, 0.25) is 0 Å². The van der Waals surface area contributed by atoms with Gasteiger partial charge in [0.2, 0.25) is 0 Å². The van der Waals surface area contributed by atoms with Gasteiger partial charge >= 0.3 is 0 Å². The summed E-state index contributed by atoms with van der Waals surface area (Å²) in [7, 11) is -1.29. The van der Waals surface area contributed by atoms with Crippen LogP contribution in [0.4, 0.5) is 5.69 Å². The van der Waals surface area contributed by atoms with E-state index < -0.39 is 10.1 Å². The number of nitrogens with zero attached hydrogens (tertiary/aromatic N) is 1. The second-order valence-electron chi connectivity index (χ2n) is 4.45. The van der Waals surface area contributed by atoms with E-state index in [-0.39, 0.29) is 6.61 Å². The molecule has 1 aliphatic rings. The van der Waals surface area contributed by atoms with E-state index in [9.17, 15) is 8.42 Å². The first-order valence-corrected chi connectivity index (χ1v) is 7.45. The van der Waals surface area contributed by atoms with Gasteiger partial charge in [-0.25, -0.2) is 0 Å². The molecular formula is C12H17NO3S. The molecule has 5 heteroatoms. The zero-order valence-electron chi connectivity index (χ0n) is 10.1. The Morgan fingerprint density at radius 1 is 1.41 bits per heavy atom. The van der Waals surface area contributed by atoms with Crippen molar-refractivity contribution in [2.75, 3.05) is 24.7 Å². The van der Waals surface area contributed by atoms with E-state index in [4.69, 9.17) is 4.18 Å². The van der Waals surface area contributed by atoms with Crippen LogP contribution in [-0.4, -0.2) is 28.3 Å². The predicted octanol–water partition coefficient (Wildman–Crippen LogP) is 1.55. The molecule has 4 nitrogen and oxygen atoms in total. The van der Waals surface area contributed by atoms with Crippen molar-refractivity contribution in [1.29, 1.82) is 0 Å². The van der Waals surface area contributed by atoms with Crippen molar-refractivity contribution in [2.24, 2.45) is 0 Å². The Morgan fingerprint density at radius 3 is 2.88 bits per heavy atom. The Morgan fingerprint density at radius 2 is 2.18 bits per heavy atom. The van der Waals surface area contributed by atoms with E-state index in [1.54, 1.807) is 0 Å². The highest BCUT2D eigenvalue weighted by molar-refractivity contribution is 7.85. The number of fused-ring (bicyclic) bond motifs is 1. The first-order chi connectivity index (χ1) is 7.96. The third-order valence-electron chi connectivity index (χ3n) is 2.93. The smallest absolute Gasteiger partial charge is 0.264 e. The number of aryl methyl sites for hydroxylation is 1. The number of hydrogen-bond acceptors (Lipinski definition) is 4. The highest BCUT2D eigenvalue weighted by atomic mass is 32.2. The molecule has 0 saturated carbocycles. The number of anilines is 1. The van der Waals surface area contributed by atoms with Crippen molar-refractivity contribution in [3.63, 3.8) is 0 Å². The van der Waals surface area contributed by atoms with Crippen LogP contribution in [0.25, 0.3) is 0 Å². The van der Waals surface area contributed by atoms with Gasteiger partial charge in [-0.2, -0.15) is 8.42 Å². The molecule has 1 aromatic carbocycles. The van der Waals surface area contributed by atoms with Crippen LogP contribution in [0.15, 0.2) is 18.2 Å². The molecule has 0 spiro atoms. The summed E-state index contributed by atoms with van der Waals surface area (Å²) < 4.78 is 26.6. The Labute approximate surface area is 102 Å². The quantitative estimate of drug-likeness (QED) is 0.769. The van der Waals surface area contributed by atoms with Crippen LogP contribution in [0.1, 0.15) is 17.5 Å². The molecule has 1 aromatic rings. The van der Waals surface area contributed by atoms with Crippen LogP contribution >= 0.6 is 0 Å². The van der Waals surface area contributed by atoms with Gasteiger partial charge in [-0.05, 0) is 30.0 Å². The van der Waals surface area contributed by atoms with Gasteiger partial charge in [0.15, 0.2) is 0 Å². The van der Waals surface area contributed by atoms with Crippen LogP contribution < -0.4 is 4.90 Å². The summed E-state index contributed by atoms with van der Waals surface area (Å²) in [5.74, 6) is 0. The molecule has 2 rings (SSSR count). The fourth-order valence-corrected chi connectivity index (χ4v) is 2.45. The van der Waals surface area contributed by atoms with Crippen LogP contribution in [0, 0.1) is 0 Å². The maximum Gasteiger partial charge on any atom is 0.264 e. The Balaban J connectivity index is 2.16. The lowest BCUT2D eigenvalue weighted by molar-refractivity contribution is 0.311. The van der Waals surface area contributed by atoms with Crippen LogP contribution in [0.3, 0.4) is 0 Å². The fraction of sp³-hybridized carbons (Fsp3) is 0.500. The molecule has 0 aliphatic carbocycles. The minimum Gasteiger partial charge on any atom is -0.374 e. The minimum absolute atomic E-state index is 0.121. The van der Waals surface area contributed by atoms with E-state index in [0.717, 1.165) is 31.2 Å². The van der Waals surface area contributed by atoms with E-state index in [1.165, 1.54) is 11.3 Å². The molecule has 0 N–H and O–H groups in total. The van der Waals surface area contributed by atoms with Crippen LogP contribution in [0.5, 0.6) is 0 Å². The SMILES string of the molecule is CN1CCCc2cc(COS(C)(=O)=O)ccc21. The normalized spacial score (nSPS) is 15.8.